The summed E-state index contributed by atoms with van der Waals surface area (Å²) in [4.78, 5) is 24.2. The van der Waals surface area contributed by atoms with Gasteiger partial charge in [0.1, 0.15) is 0 Å². The molecule has 7 heteroatoms. The average molecular weight is 365 g/mol. The summed E-state index contributed by atoms with van der Waals surface area (Å²) < 4.78 is 0. The number of hydrogen-bond donors (Lipinski definition) is 3. The predicted molar refractivity (Wildman–Crippen MR) is 104 cm³/mol. The summed E-state index contributed by atoms with van der Waals surface area (Å²) in [6, 6.07) is 8.73. The van der Waals surface area contributed by atoms with E-state index in [4.69, 9.17) is 0 Å². The summed E-state index contributed by atoms with van der Waals surface area (Å²) in [6.45, 7) is 6.39. The van der Waals surface area contributed by atoms with E-state index < -0.39 is 0 Å². The van der Waals surface area contributed by atoms with Gasteiger partial charge in [-0.1, -0.05) is 12.1 Å². The summed E-state index contributed by atoms with van der Waals surface area (Å²) in [5.41, 5.74) is 5.65. The molecular weight excluding hydrogens is 342 g/mol. The molecule has 0 radical (unpaired) electrons. The smallest absolute Gasteiger partial charge is 0.272 e. The fraction of sp³-hybridized carbons (Fsp3) is 0.300. The van der Waals surface area contributed by atoms with Gasteiger partial charge < -0.3 is 5.32 Å². The lowest BCUT2D eigenvalue weighted by Gasteiger charge is -2.07. The van der Waals surface area contributed by atoms with Crippen LogP contribution in [-0.2, 0) is 6.42 Å². The van der Waals surface area contributed by atoms with Crippen molar-refractivity contribution in [2.24, 2.45) is 0 Å². The highest BCUT2D eigenvalue weighted by atomic mass is 16.1. The minimum Gasteiger partial charge on any atom is -0.352 e. The Hall–Kier alpha value is -3.22. The molecule has 3 aromatic rings. The van der Waals surface area contributed by atoms with Crippen LogP contribution in [0.3, 0.4) is 0 Å². The number of nitrogens with one attached hydrogen (secondary N) is 3. The van der Waals surface area contributed by atoms with E-state index in [1.807, 2.05) is 20.8 Å². The molecule has 2 heterocycles. The molecule has 0 bridgehead atoms. The average Bonchev–Trinajstić information content (AvgIpc) is 2.99. The Morgan fingerprint density at radius 3 is 2.48 bits per heavy atom. The van der Waals surface area contributed by atoms with Crippen molar-refractivity contribution in [3.63, 3.8) is 0 Å². The first-order valence-corrected chi connectivity index (χ1v) is 8.91. The summed E-state index contributed by atoms with van der Waals surface area (Å²) in [5, 5.41) is 16.4. The first-order chi connectivity index (χ1) is 13.0. The predicted octanol–water partition coefficient (Wildman–Crippen LogP) is 2.45. The van der Waals surface area contributed by atoms with E-state index in [1.165, 1.54) is 5.56 Å². The molecule has 3 rings (SSSR count). The second kappa shape index (κ2) is 7.99. The quantitative estimate of drug-likeness (QED) is 0.584. The molecule has 0 atom stereocenters. The standard InChI is InChI=1S/C20H23N5O2/c1-12-11-18(20(27)25-22-12)15-6-8-16(9-7-15)19(26)21-10-4-5-17-13(2)23-24-14(17)3/h6-9,11H,4-5,10H2,1-3H3,(H,21,26)(H,23,24)(H,25,27). The minimum absolute atomic E-state index is 0.123. The van der Waals surface area contributed by atoms with Gasteiger partial charge in [0.05, 0.1) is 17.0 Å². The number of rotatable bonds is 6. The molecule has 3 N–H and O–H groups in total. The molecule has 0 saturated carbocycles. The van der Waals surface area contributed by atoms with Gasteiger partial charge in [0.15, 0.2) is 0 Å². The number of H-pyrrole nitrogens is 2. The zero-order valence-electron chi connectivity index (χ0n) is 15.7. The number of benzene rings is 1. The molecule has 0 aliphatic heterocycles. The van der Waals surface area contributed by atoms with Crippen LogP contribution in [0.5, 0.6) is 0 Å². The van der Waals surface area contributed by atoms with Gasteiger partial charge in [0.25, 0.3) is 11.5 Å². The molecule has 0 aliphatic rings. The molecule has 140 valence electrons. The van der Waals surface area contributed by atoms with E-state index in [-0.39, 0.29) is 11.5 Å². The summed E-state index contributed by atoms with van der Waals surface area (Å²) in [5.74, 6) is -0.123. The fourth-order valence-electron chi connectivity index (χ4n) is 3.03. The highest BCUT2D eigenvalue weighted by Crippen LogP contribution is 2.16. The Bertz CT molecular complexity index is 982. The molecule has 0 unspecified atom stereocenters. The maximum atomic E-state index is 12.3. The first-order valence-electron chi connectivity index (χ1n) is 8.91. The van der Waals surface area contributed by atoms with E-state index in [0.29, 0.717) is 17.7 Å². The van der Waals surface area contributed by atoms with Crippen LogP contribution in [0.2, 0.25) is 0 Å². The Balaban J connectivity index is 1.58. The van der Waals surface area contributed by atoms with E-state index in [2.05, 4.69) is 25.7 Å². The highest BCUT2D eigenvalue weighted by Gasteiger charge is 2.09. The number of hydrogen-bond acceptors (Lipinski definition) is 4. The van der Waals surface area contributed by atoms with Gasteiger partial charge in [0, 0.05) is 17.8 Å². The molecule has 0 spiro atoms. The van der Waals surface area contributed by atoms with Crippen LogP contribution in [-0.4, -0.2) is 32.8 Å². The number of nitrogens with zero attached hydrogens (tertiary/aromatic N) is 2. The van der Waals surface area contributed by atoms with Crippen LogP contribution in [0, 0.1) is 20.8 Å². The van der Waals surface area contributed by atoms with Crippen molar-refractivity contribution in [3.05, 3.63) is 68.9 Å². The third-order valence-corrected chi connectivity index (χ3v) is 4.56. The Kier molecular flexibility index (Phi) is 5.49. The number of amides is 1. The van der Waals surface area contributed by atoms with Crippen LogP contribution >= 0.6 is 0 Å². The number of aryl methyl sites for hydroxylation is 3. The monoisotopic (exact) mass is 365 g/mol. The largest absolute Gasteiger partial charge is 0.352 e. The molecule has 7 nitrogen and oxygen atoms in total. The number of aromatic amines is 2. The zero-order valence-corrected chi connectivity index (χ0v) is 15.7. The van der Waals surface area contributed by atoms with E-state index >= 15 is 0 Å². The lowest BCUT2D eigenvalue weighted by molar-refractivity contribution is 0.0953. The van der Waals surface area contributed by atoms with Gasteiger partial charge in [-0.3, -0.25) is 14.7 Å². The Morgan fingerprint density at radius 2 is 1.81 bits per heavy atom. The normalized spacial score (nSPS) is 10.8. The maximum absolute atomic E-state index is 12.3. The molecular formula is C20H23N5O2. The van der Waals surface area contributed by atoms with Gasteiger partial charge >= 0.3 is 0 Å². The minimum atomic E-state index is -0.248. The maximum Gasteiger partial charge on any atom is 0.272 e. The fourth-order valence-corrected chi connectivity index (χ4v) is 3.03. The van der Waals surface area contributed by atoms with Gasteiger partial charge in [0.2, 0.25) is 0 Å². The Labute approximate surface area is 157 Å². The molecule has 0 fully saturated rings. The molecule has 1 amide bonds. The van der Waals surface area contributed by atoms with Crippen LogP contribution in [0.15, 0.2) is 35.1 Å². The molecule has 27 heavy (non-hydrogen) atoms. The van der Waals surface area contributed by atoms with Crippen LogP contribution in [0.4, 0.5) is 0 Å². The van der Waals surface area contributed by atoms with Gasteiger partial charge in [-0.05, 0) is 62.9 Å². The van der Waals surface area contributed by atoms with Crippen molar-refractivity contribution in [1.29, 1.82) is 0 Å². The molecule has 0 saturated heterocycles. The third-order valence-electron chi connectivity index (χ3n) is 4.56. The van der Waals surface area contributed by atoms with Crippen LogP contribution in [0.1, 0.15) is 39.4 Å². The lowest BCUT2D eigenvalue weighted by Crippen LogP contribution is -2.24. The van der Waals surface area contributed by atoms with Crippen LogP contribution in [0.25, 0.3) is 11.1 Å². The summed E-state index contributed by atoms with van der Waals surface area (Å²) >= 11 is 0. The lowest BCUT2D eigenvalue weighted by atomic mass is 10.0. The van der Waals surface area contributed by atoms with Gasteiger partial charge in [-0.25, -0.2) is 5.10 Å². The van der Waals surface area contributed by atoms with Crippen molar-refractivity contribution in [1.82, 2.24) is 25.7 Å². The number of carbonyl (C=O) groups excluding carboxylic acids is 1. The topological polar surface area (TPSA) is 104 Å². The second-order valence-electron chi connectivity index (χ2n) is 6.60. The summed E-state index contributed by atoms with van der Waals surface area (Å²) in [7, 11) is 0. The molecule has 2 aromatic heterocycles. The van der Waals surface area contributed by atoms with Crippen LogP contribution < -0.4 is 10.9 Å². The van der Waals surface area contributed by atoms with E-state index in [1.54, 1.807) is 30.3 Å². The van der Waals surface area contributed by atoms with E-state index in [9.17, 15) is 9.59 Å². The van der Waals surface area contributed by atoms with Crippen molar-refractivity contribution >= 4 is 5.91 Å². The Morgan fingerprint density at radius 1 is 1.07 bits per heavy atom. The van der Waals surface area contributed by atoms with Crippen molar-refractivity contribution < 1.29 is 4.79 Å². The van der Waals surface area contributed by atoms with Crippen molar-refractivity contribution in [2.75, 3.05) is 6.54 Å². The highest BCUT2D eigenvalue weighted by molar-refractivity contribution is 5.94. The van der Waals surface area contributed by atoms with Crippen molar-refractivity contribution in [2.45, 2.75) is 33.6 Å². The van der Waals surface area contributed by atoms with Gasteiger partial charge in [-0.2, -0.15) is 10.2 Å². The SMILES string of the molecule is Cc1cc(-c2ccc(C(=O)NCCCc3c(C)n[nH]c3C)cc2)c(=O)[nH]n1. The van der Waals surface area contributed by atoms with E-state index in [0.717, 1.165) is 35.5 Å². The second-order valence-corrected chi connectivity index (χ2v) is 6.60. The summed E-state index contributed by atoms with van der Waals surface area (Å²) in [6.07, 6.45) is 1.72. The number of aromatic nitrogens is 4. The zero-order chi connectivity index (χ0) is 19.4. The van der Waals surface area contributed by atoms with Gasteiger partial charge in [-0.15, -0.1) is 0 Å². The first kappa shape index (κ1) is 18.6. The molecule has 1 aromatic carbocycles. The third kappa shape index (κ3) is 4.31. The van der Waals surface area contributed by atoms with Crippen molar-refractivity contribution in [3.8, 4) is 11.1 Å². The molecule has 0 aliphatic carbocycles. The number of carbonyl (C=O) groups is 1.